The minimum absolute atomic E-state index is 0. The van der Waals surface area contributed by atoms with Gasteiger partial charge in [-0.2, -0.15) is 26.7 Å². The van der Waals surface area contributed by atoms with E-state index in [0.717, 1.165) is 48.9 Å². The Bertz CT molecular complexity index is 1230. The number of anilines is 1. The fourth-order valence-electron chi connectivity index (χ4n) is 4.76. The molecule has 1 amide bonds. The molecule has 0 spiro atoms. The van der Waals surface area contributed by atoms with Crippen molar-refractivity contribution in [2.24, 2.45) is 5.92 Å². The number of nitrogens with one attached hydrogen (secondary N) is 1. The number of carbonyl (C=O) groups excluding carboxylic acids is 2. The van der Waals surface area contributed by atoms with Crippen LogP contribution in [0.2, 0.25) is 0 Å². The normalized spacial score (nSPS) is 19.3. The molecule has 0 bridgehead atoms. The van der Waals surface area contributed by atoms with Gasteiger partial charge in [0, 0.05) is 43.0 Å². The minimum atomic E-state index is -4.43. The molecule has 4 rings (SSSR count). The van der Waals surface area contributed by atoms with Gasteiger partial charge in [0.2, 0.25) is 15.9 Å². The lowest BCUT2D eigenvalue weighted by molar-refractivity contribution is -0.137. The highest BCUT2D eigenvalue weighted by Crippen LogP contribution is 2.48. The highest BCUT2D eigenvalue weighted by molar-refractivity contribution is 7.88. The molecule has 202 valence electrons. The van der Waals surface area contributed by atoms with E-state index in [9.17, 15) is 31.2 Å². The first-order valence-electron chi connectivity index (χ1n) is 11.9. The lowest BCUT2D eigenvalue weighted by Gasteiger charge is -2.32. The molecule has 0 aromatic heterocycles. The van der Waals surface area contributed by atoms with E-state index < -0.39 is 27.7 Å². The largest absolute Gasteiger partial charge is 0.416 e. The second-order valence-corrected chi connectivity index (χ2v) is 11.7. The van der Waals surface area contributed by atoms with Crippen molar-refractivity contribution in [1.82, 2.24) is 4.72 Å². The number of halogens is 3. The summed E-state index contributed by atoms with van der Waals surface area (Å²) in [4.78, 5) is 27.4. The highest BCUT2D eigenvalue weighted by atomic mass is 32.2. The first kappa shape index (κ1) is 29.2. The van der Waals surface area contributed by atoms with Gasteiger partial charge in [0.25, 0.3) is 0 Å². The average Bonchev–Trinajstić information content (AvgIpc) is 3.60. The van der Waals surface area contributed by atoms with Gasteiger partial charge in [-0.3, -0.25) is 9.59 Å². The van der Waals surface area contributed by atoms with Crippen molar-refractivity contribution in [2.45, 2.75) is 50.1 Å². The van der Waals surface area contributed by atoms with Gasteiger partial charge >= 0.3 is 6.18 Å². The topological polar surface area (TPSA) is 83.6 Å². The van der Waals surface area contributed by atoms with Gasteiger partial charge in [0.1, 0.15) is 5.78 Å². The fourth-order valence-corrected chi connectivity index (χ4v) is 5.30. The summed E-state index contributed by atoms with van der Waals surface area (Å²) in [6.45, 7) is 0.888. The Hall–Kier alpha value is -2.37. The van der Waals surface area contributed by atoms with Crippen LogP contribution < -0.4 is 9.62 Å². The van der Waals surface area contributed by atoms with E-state index in [1.165, 1.54) is 12.1 Å². The van der Waals surface area contributed by atoms with E-state index in [0.29, 0.717) is 25.1 Å². The standard InChI is InChI=1S/C26H29F3N2O4S.H2S/c1-36(34,35)30-17-25(12-13-25)20-8-10-22(11-9-20)31-14-2-3-19(24(31)33)16-23(32)15-18-4-6-21(7-5-18)26(27,28)29;/h4-11,19,30H,2-3,12-17H2,1H3;1H2/t19-;/m1./s1. The predicted molar refractivity (Wildman–Crippen MR) is 140 cm³/mol. The van der Waals surface area contributed by atoms with E-state index in [4.69, 9.17) is 0 Å². The van der Waals surface area contributed by atoms with Crippen LogP contribution in [0.1, 0.15) is 48.8 Å². The molecule has 1 aliphatic carbocycles. The summed E-state index contributed by atoms with van der Waals surface area (Å²) < 4.78 is 63.7. The maximum atomic E-state index is 13.1. The number of nitrogens with zero attached hydrogens (tertiary/aromatic N) is 1. The molecule has 1 saturated heterocycles. The molecule has 1 aliphatic heterocycles. The Kier molecular flexibility index (Phi) is 8.81. The second-order valence-electron chi connectivity index (χ2n) is 9.86. The molecule has 2 aliphatic rings. The molecule has 1 saturated carbocycles. The average molecular weight is 557 g/mol. The van der Waals surface area contributed by atoms with Crippen LogP contribution in [0.3, 0.4) is 0 Å². The van der Waals surface area contributed by atoms with Gasteiger partial charge in [-0.05, 0) is 61.1 Å². The summed E-state index contributed by atoms with van der Waals surface area (Å²) in [5.41, 5.74) is 1.27. The summed E-state index contributed by atoms with van der Waals surface area (Å²) in [7, 11) is -3.28. The van der Waals surface area contributed by atoms with Crippen LogP contribution in [-0.2, 0) is 37.6 Å². The Morgan fingerprint density at radius 2 is 1.70 bits per heavy atom. The zero-order valence-electron chi connectivity index (χ0n) is 20.5. The molecule has 0 radical (unpaired) electrons. The van der Waals surface area contributed by atoms with E-state index in [1.807, 2.05) is 24.3 Å². The number of alkyl halides is 3. The van der Waals surface area contributed by atoms with Crippen LogP contribution in [-0.4, -0.2) is 39.5 Å². The van der Waals surface area contributed by atoms with Crippen molar-refractivity contribution in [3.63, 3.8) is 0 Å². The molecule has 37 heavy (non-hydrogen) atoms. The first-order chi connectivity index (χ1) is 16.9. The molecule has 1 atom stereocenters. The molecule has 6 nitrogen and oxygen atoms in total. The van der Waals surface area contributed by atoms with Crippen LogP contribution in [0.4, 0.5) is 18.9 Å². The number of carbonyl (C=O) groups is 2. The molecule has 2 aromatic carbocycles. The Labute approximate surface area is 222 Å². The third kappa shape index (κ3) is 7.36. The quantitative estimate of drug-likeness (QED) is 0.498. The van der Waals surface area contributed by atoms with Crippen LogP contribution >= 0.6 is 13.5 Å². The fraction of sp³-hybridized carbons (Fsp3) is 0.462. The van der Waals surface area contributed by atoms with Crippen molar-refractivity contribution in [3.05, 3.63) is 65.2 Å². The monoisotopic (exact) mass is 556 g/mol. The van der Waals surface area contributed by atoms with Crippen LogP contribution in [0.5, 0.6) is 0 Å². The Morgan fingerprint density at radius 1 is 1.08 bits per heavy atom. The summed E-state index contributed by atoms with van der Waals surface area (Å²) in [5.74, 6) is -0.775. The van der Waals surface area contributed by atoms with Gasteiger partial charge in [0.15, 0.2) is 0 Å². The minimum Gasteiger partial charge on any atom is -0.312 e. The molecule has 1 heterocycles. The van der Waals surface area contributed by atoms with E-state index in [1.54, 1.807) is 4.90 Å². The second kappa shape index (κ2) is 11.2. The van der Waals surface area contributed by atoms with Crippen LogP contribution in [0.15, 0.2) is 48.5 Å². The Balaban J connectivity index is 0.00000380. The van der Waals surface area contributed by atoms with Crippen LogP contribution in [0.25, 0.3) is 0 Å². The van der Waals surface area contributed by atoms with E-state index in [2.05, 4.69) is 4.72 Å². The number of sulfonamides is 1. The first-order valence-corrected chi connectivity index (χ1v) is 13.8. The Morgan fingerprint density at radius 3 is 2.24 bits per heavy atom. The van der Waals surface area contributed by atoms with Gasteiger partial charge in [-0.1, -0.05) is 24.3 Å². The molecular weight excluding hydrogens is 525 g/mol. The number of hydrogen-bond acceptors (Lipinski definition) is 4. The summed E-state index contributed by atoms with van der Waals surface area (Å²) >= 11 is 0. The zero-order chi connectivity index (χ0) is 26.1. The van der Waals surface area contributed by atoms with Gasteiger partial charge in [0.05, 0.1) is 11.8 Å². The SMILES string of the molecule is CS(=O)(=O)NCC1(c2ccc(N3CCC[C@H](CC(=O)Cc4ccc(C(F)(F)F)cc4)C3=O)cc2)CC1.S. The third-order valence-electron chi connectivity index (χ3n) is 7.02. The lowest BCUT2D eigenvalue weighted by atomic mass is 9.89. The number of ketones is 1. The maximum Gasteiger partial charge on any atom is 0.416 e. The predicted octanol–water partition coefficient (Wildman–Crippen LogP) is 4.34. The molecule has 1 N–H and O–H groups in total. The third-order valence-corrected chi connectivity index (χ3v) is 7.69. The summed E-state index contributed by atoms with van der Waals surface area (Å²) in [5, 5.41) is 0. The summed E-state index contributed by atoms with van der Waals surface area (Å²) in [6.07, 6.45) is -0.138. The zero-order valence-corrected chi connectivity index (χ0v) is 22.3. The van der Waals surface area contributed by atoms with Gasteiger partial charge in [-0.15, -0.1) is 0 Å². The van der Waals surface area contributed by atoms with E-state index >= 15 is 0 Å². The molecule has 2 fully saturated rings. The number of amides is 1. The lowest BCUT2D eigenvalue weighted by Crippen LogP contribution is -2.42. The van der Waals surface area contributed by atoms with Gasteiger partial charge < -0.3 is 4.90 Å². The van der Waals surface area contributed by atoms with Gasteiger partial charge in [-0.25, -0.2) is 13.1 Å². The number of rotatable bonds is 9. The number of piperidine rings is 1. The summed E-state index contributed by atoms with van der Waals surface area (Å²) in [6, 6.07) is 12.1. The van der Waals surface area contributed by atoms with Crippen molar-refractivity contribution < 1.29 is 31.2 Å². The van der Waals surface area contributed by atoms with Crippen molar-refractivity contribution >= 4 is 40.9 Å². The van der Waals surface area contributed by atoms with E-state index in [-0.39, 0.29) is 43.4 Å². The van der Waals surface area contributed by atoms with Crippen molar-refractivity contribution in [2.75, 3.05) is 24.2 Å². The number of Topliss-reactive ketones (excluding diaryl/α,β-unsaturated/α-hetero) is 1. The highest BCUT2D eigenvalue weighted by Gasteiger charge is 2.44. The van der Waals surface area contributed by atoms with Crippen molar-refractivity contribution in [1.29, 1.82) is 0 Å². The molecule has 0 unspecified atom stereocenters. The number of benzene rings is 2. The van der Waals surface area contributed by atoms with Crippen LogP contribution in [0, 0.1) is 5.92 Å². The molecule has 2 aromatic rings. The molecular formula is C26H31F3N2O4S2. The maximum absolute atomic E-state index is 13.1. The van der Waals surface area contributed by atoms with Crippen molar-refractivity contribution in [3.8, 4) is 0 Å². The smallest absolute Gasteiger partial charge is 0.312 e. The number of hydrogen-bond donors (Lipinski definition) is 1. The molecule has 11 heteroatoms.